The molecule has 0 unspecified atom stereocenters. The van der Waals surface area contributed by atoms with Crippen molar-refractivity contribution >= 4 is 42.8 Å². The molecule has 3 aromatic rings. The number of carbonyl (C=O) groups excluding carboxylic acids is 1. The van der Waals surface area contributed by atoms with Crippen LogP contribution < -0.4 is 10.5 Å². The average molecular weight is 423 g/mol. The van der Waals surface area contributed by atoms with Crippen molar-refractivity contribution in [3.63, 3.8) is 0 Å². The predicted octanol–water partition coefficient (Wildman–Crippen LogP) is 2.48. The third-order valence-electron chi connectivity index (χ3n) is 3.56. The normalized spacial score (nSPS) is 11.9. The van der Waals surface area contributed by atoms with E-state index in [1.165, 1.54) is 30.3 Å². The van der Waals surface area contributed by atoms with Crippen LogP contribution in [0.2, 0.25) is 0 Å². The van der Waals surface area contributed by atoms with E-state index in [1.807, 2.05) is 0 Å². The van der Waals surface area contributed by atoms with E-state index in [-0.39, 0.29) is 19.2 Å². The summed E-state index contributed by atoms with van der Waals surface area (Å²) in [5.41, 5.74) is 0.905. The van der Waals surface area contributed by atoms with Gasteiger partial charge in [-0.05, 0) is 48.5 Å². The zero-order chi connectivity index (χ0) is 19.7. The fourth-order valence-electron chi connectivity index (χ4n) is 2.23. The van der Waals surface area contributed by atoms with E-state index in [2.05, 4.69) is 5.32 Å². The standard InChI is InChI=1S/C17H14N2O5S3/c18-27(23,24)16-11-10-15(25-16)26(21,22)14-8-6-13(7-9-14)19-17(20)12-4-2-1-3-5-12/h1-11H,(H,19,20)(H2,18,23,24). The van der Waals surface area contributed by atoms with Crippen LogP contribution in [0.1, 0.15) is 10.4 Å². The van der Waals surface area contributed by atoms with Crippen molar-refractivity contribution in [1.29, 1.82) is 0 Å². The fourth-order valence-corrected chi connectivity index (χ4v) is 5.82. The molecule has 10 heteroatoms. The van der Waals surface area contributed by atoms with Crippen molar-refractivity contribution < 1.29 is 21.6 Å². The maximum absolute atomic E-state index is 12.6. The van der Waals surface area contributed by atoms with Gasteiger partial charge in [-0.25, -0.2) is 22.0 Å². The Labute approximate surface area is 160 Å². The molecule has 0 aliphatic heterocycles. The van der Waals surface area contributed by atoms with Crippen LogP contribution >= 0.6 is 11.3 Å². The number of rotatable bonds is 5. The molecule has 0 spiro atoms. The Bertz CT molecular complexity index is 1180. The number of hydrogen-bond donors (Lipinski definition) is 2. The number of hydrogen-bond acceptors (Lipinski definition) is 6. The molecule has 0 fully saturated rings. The summed E-state index contributed by atoms with van der Waals surface area (Å²) in [6, 6.07) is 16.5. The Balaban J connectivity index is 1.82. The summed E-state index contributed by atoms with van der Waals surface area (Å²) in [6.07, 6.45) is 0. The lowest BCUT2D eigenvalue weighted by molar-refractivity contribution is 0.102. The first-order chi connectivity index (χ1) is 12.7. The van der Waals surface area contributed by atoms with Crippen molar-refractivity contribution in [3.05, 3.63) is 72.3 Å². The van der Waals surface area contributed by atoms with Gasteiger partial charge in [-0.3, -0.25) is 4.79 Å². The van der Waals surface area contributed by atoms with Gasteiger partial charge >= 0.3 is 0 Å². The smallest absolute Gasteiger partial charge is 0.255 e. The number of nitrogens with two attached hydrogens (primary N) is 1. The Kier molecular flexibility index (Phi) is 5.16. The van der Waals surface area contributed by atoms with Crippen molar-refractivity contribution in [2.75, 3.05) is 5.32 Å². The first kappa shape index (κ1) is 19.2. The average Bonchev–Trinajstić information content (AvgIpc) is 3.14. The van der Waals surface area contributed by atoms with Crippen LogP contribution in [0.15, 0.2) is 80.0 Å². The molecule has 0 bridgehead atoms. The van der Waals surface area contributed by atoms with Gasteiger partial charge < -0.3 is 5.32 Å². The molecular formula is C17H14N2O5S3. The minimum absolute atomic E-state index is 0.0250. The molecule has 3 N–H and O–H groups in total. The molecule has 1 amide bonds. The molecule has 0 saturated heterocycles. The van der Waals surface area contributed by atoms with E-state index >= 15 is 0 Å². The van der Waals surface area contributed by atoms with Crippen LogP contribution in [-0.4, -0.2) is 22.7 Å². The molecule has 27 heavy (non-hydrogen) atoms. The van der Waals surface area contributed by atoms with Crippen LogP contribution in [0, 0.1) is 0 Å². The molecule has 1 aromatic heterocycles. The van der Waals surface area contributed by atoms with Crippen LogP contribution in [0.25, 0.3) is 0 Å². The Hall–Kier alpha value is -2.53. The maximum Gasteiger partial charge on any atom is 0.255 e. The topological polar surface area (TPSA) is 123 Å². The van der Waals surface area contributed by atoms with Crippen molar-refractivity contribution in [2.24, 2.45) is 5.14 Å². The van der Waals surface area contributed by atoms with E-state index in [0.717, 1.165) is 6.07 Å². The van der Waals surface area contributed by atoms with Gasteiger partial charge in [0.25, 0.3) is 5.91 Å². The highest BCUT2D eigenvalue weighted by molar-refractivity contribution is 7.95. The summed E-state index contributed by atoms with van der Waals surface area (Å²) in [4.78, 5) is 12.1. The van der Waals surface area contributed by atoms with Gasteiger partial charge in [0.1, 0.15) is 8.42 Å². The SMILES string of the molecule is NS(=O)(=O)c1ccc(S(=O)(=O)c2ccc(NC(=O)c3ccccc3)cc2)s1. The number of nitrogens with one attached hydrogen (secondary N) is 1. The Morgan fingerprint density at radius 2 is 1.41 bits per heavy atom. The zero-order valence-corrected chi connectivity index (χ0v) is 16.1. The largest absolute Gasteiger partial charge is 0.322 e. The molecule has 2 aromatic carbocycles. The molecule has 0 radical (unpaired) electrons. The lowest BCUT2D eigenvalue weighted by Gasteiger charge is -2.07. The maximum atomic E-state index is 12.6. The number of thiophene rings is 1. The van der Waals surface area contributed by atoms with Crippen molar-refractivity contribution in [2.45, 2.75) is 13.3 Å². The molecule has 0 atom stereocenters. The van der Waals surface area contributed by atoms with Gasteiger partial charge in [0, 0.05) is 11.3 Å². The van der Waals surface area contributed by atoms with Gasteiger partial charge in [0.05, 0.1) is 4.90 Å². The monoisotopic (exact) mass is 422 g/mol. The second kappa shape index (κ2) is 7.24. The van der Waals surface area contributed by atoms with Crippen LogP contribution in [-0.2, 0) is 19.9 Å². The van der Waals surface area contributed by atoms with Gasteiger partial charge in [0.2, 0.25) is 19.9 Å². The van der Waals surface area contributed by atoms with E-state index in [1.54, 1.807) is 30.3 Å². The van der Waals surface area contributed by atoms with Gasteiger partial charge in [-0.2, -0.15) is 0 Å². The first-order valence-electron chi connectivity index (χ1n) is 7.52. The number of benzene rings is 2. The van der Waals surface area contributed by atoms with E-state index in [9.17, 15) is 21.6 Å². The molecule has 1 heterocycles. The minimum Gasteiger partial charge on any atom is -0.322 e. The fraction of sp³-hybridized carbons (Fsp3) is 0. The third kappa shape index (κ3) is 4.25. The molecule has 0 aliphatic rings. The summed E-state index contributed by atoms with van der Waals surface area (Å²) < 4.78 is 47.5. The summed E-state index contributed by atoms with van der Waals surface area (Å²) in [7, 11) is -7.85. The summed E-state index contributed by atoms with van der Waals surface area (Å²) in [6.45, 7) is 0. The highest BCUT2D eigenvalue weighted by Crippen LogP contribution is 2.30. The van der Waals surface area contributed by atoms with Crippen LogP contribution in [0.3, 0.4) is 0 Å². The predicted molar refractivity (Wildman–Crippen MR) is 102 cm³/mol. The number of carbonyl (C=O) groups is 1. The first-order valence-corrected chi connectivity index (χ1v) is 11.4. The molecule has 0 saturated carbocycles. The molecule has 7 nitrogen and oxygen atoms in total. The minimum atomic E-state index is -3.96. The number of anilines is 1. The molecular weight excluding hydrogens is 408 g/mol. The van der Waals surface area contributed by atoms with E-state index in [4.69, 9.17) is 5.14 Å². The molecule has 140 valence electrons. The summed E-state index contributed by atoms with van der Waals surface area (Å²) in [5.74, 6) is -0.317. The van der Waals surface area contributed by atoms with Gasteiger partial charge in [0.15, 0.2) is 0 Å². The summed E-state index contributed by atoms with van der Waals surface area (Å²) >= 11 is 0.583. The second-order valence-corrected chi connectivity index (χ2v) is 10.5. The Morgan fingerprint density at radius 1 is 0.815 bits per heavy atom. The number of sulfonamides is 1. The quantitative estimate of drug-likeness (QED) is 0.654. The summed E-state index contributed by atoms with van der Waals surface area (Å²) in [5, 5.41) is 7.69. The van der Waals surface area contributed by atoms with E-state index in [0.29, 0.717) is 22.6 Å². The van der Waals surface area contributed by atoms with Gasteiger partial charge in [-0.15, -0.1) is 11.3 Å². The van der Waals surface area contributed by atoms with Gasteiger partial charge in [-0.1, -0.05) is 18.2 Å². The molecule has 0 aliphatic carbocycles. The lowest BCUT2D eigenvalue weighted by Crippen LogP contribution is -2.11. The second-order valence-electron chi connectivity index (χ2n) is 5.47. The number of sulfone groups is 1. The third-order valence-corrected chi connectivity index (χ3v) is 8.35. The highest BCUT2D eigenvalue weighted by atomic mass is 32.3. The zero-order valence-electron chi connectivity index (χ0n) is 13.7. The van der Waals surface area contributed by atoms with Crippen molar-refractivity contribution in [1.82, 2.24) is 0 Å². The van der Waals surface area contributed by atoms with Crippen LogP contribution in [0.5, 0.6) is 0 Å². The highest BCUT2D eigenvalue weighted by Gasteiger charge is 2.22. The number of amides is 1. The van der Waals surface area contributed by atoms with E-state index < -0.39 is 19.9 Å². The van der Waals surface area contributed by atoms with Crippen molar-refractivity contribution in [3.8, 4) is 0 Å². The number of primary sulfonamides is 1. The lowest BCUT2D eigenvalue weighted by atomic mass is 10.2. The molecule has 3 rings (SSSR count). The van der Waals surface area contributed by atoms with Crippen LogP contribution in [0.4, 0.5) is 5.69 Å². The Morgan fingerprint density at radius 3 is 1.96 bits per heavy atom.